The van der Waals surface area contributed by atoms with Gasteiger partial charge in [-0.05, 0) is 70.6 Å². The second kappa shape index (κ2) is 47.5. The van der Waals surface area contributed by atoms with E-state index in [4.69, 9.17) is 4.74 Å². The molecule has 0 aromatic heterocycles. The highest BCUT2D eigenvalue weighted by Gasteiger charge is 2.17. The summed E-state index contributed by atoms with van der Waals surface area (Å²) in [4.78, 5) is 24.3. The van der Waals surface area contributed by atoms with E-state index in [1.165, 1.54) is 161 Å². The molecule has 0 radical (unpaired) electrons. The molecule has 0 spiro atoms. The molecule has 6 heteroatoms. The Morgan fingerprint density at radius 1 is 0.483 bits per heavy atom. The molecule has 0 aliphatic heterocycles. The lowest BCUT2D eigenvalue weighted by molar-refractivity contribution is -0.143. The number of allylic oxidation sites excluding steroid dienone is 7. The van der Waals surface area contributed by atoms with E-state index in [-0.39, 0.29) is 18.5 Å². The third-order valence-electron chi connectivity index (χ3n) is 11.1. The van der Waals surface area contributed by atoms with Gasteiger partial charge in [-0.3, -0.25) is 9.59 Å². The highest BCUT2D eigenvalue weighted by molar-refractivity contribution is 5.76. The Kier molecular flexibility index (Phi) is 45.7. The van der Waals surface area contributed by atoms with Gasteiger partial charge in [0.25, 0.3) is 0 Å². The summed E-state index contributed by atoms with van der Waals surface area (Å²) in [6, 6.07) is -0.672. The summed E-state index contributed by atoms with van der Waals surface area (Å²) in [7, 11) is 0. The predicted molar refractivity (Wildman–Crippen MR) is 250 cm³/mol. The normalized spacial score (nSPS) is 13.1. The molecule has 0 aromatic carbocycles. The van der Waals surface area contributed by atoms with E-state index in [0.717, 1.165) is 51.4 Å². The zero-order chi connectivity index (χ0) is 42.3. The van der Waals surface area contributed by atoms with Crippen molar-refractivity contribution in [1.29, 1.82) is 0 Å². The van der Waals surface area contributed by atoms with Crippen LogP contribution < -0.4 is 5.32 Å². The van der Waals surface area contributed by atoms with Crippen LogP contribution in [0.15, 0.2) is 48.6 Å². The topological polar surface area (TPSA) is 95.9 Å². The van der Waals surface area contributed by atoms with Crippen LogP contribution >= 0.6 is 0 Å². The monoisotopic (exact) mass is 814 g/mol. The molecule has 338 valence electrons. The molecule has 0 rings (SSSR count). The lowest BCUT2D eigenvalue weighted by Gasteiger charge is -2.19. The summed E-state index contributed by atoms with van der Waals surface area (Å²) in [6.45, 7) is 4.79. The van der Waals surface area contributed by atoms with Crippen molar-refractivity contribution in [3.8, 4) is 0 Å². The predicted octanol–water partition coefficient (Wildman–Crippen LogP) is 14.7. The van der Waals surface area contributed by atoms with Crippen molar-refractivity contribution in [1.82, 2.24) is 5.32 Å². The fourth-order valence-electron chi connectivity index (χ4n) is 7.19. The number of hydrogen-bond acceptors (Lipinski definition) is 5. The number of nitrogens with one attached hydrogen (secondary N) is 1. The van der Waals surface area contributed by atoms with Gasteiger partial charge in [-0.25, -0.2) is 0 Å². The van der Waals surface area contributed by atoms with Gasteiger partial charge in [-0.2, -0.15) is 0 Å². The minimum Gasteiger partial charge on any atom is -0.466 e. The fourth-order valence-corrected chi connectivity index (χ4v) is 7.19. The average Bonchev–Trinajstić information content (AvgIpc) is 3.22. The molecule has 58 heavy (non-hydrogen) atoms. The van der Waals surface area contributed by atoms with Crippen molar-refractivity contribution in [3.05, 3.63) is 48.6 Å². The third kappa shape index (κ3) is 43.4. The van der Waals surface area contributed by atoms with Crippen molar-refractivity contribution < 1.29 is 24.5 Å². The summed E-state index contributed by atoms with van der Waals surface area (Å²) >= 11 is 0. The molecule has 0 saturated heterocycles. The average molecular weight is 814 g/mol. The van der Waals surface area contributed by atoms with Gasteiger partial charge < -0.3 is 20.3 Å². The molecule has 6 nitrogen and oxygen atoms in total. The summed E-state index contributed by atoms with van der Waals surface area (Å²) in [6.07, 6.45) is 58.3. The first-order chi connectivity index (χ1) is 28.5. The van der Waals surface area contributed by atoms with Crippen molar-refractivity contribution in [2.45, 2.75) is 257 Å². The molecule has 0 bridgehead atoms. The fraction of sp³-hybridized carbons (Fsp3) is 0.808. The van der Waals surface area contributed by atoms with E-state index in [0.29, 0.717) is 25.9 Å². The first-order valence-corrected chi connectivity index (χ1v) is 24.9. The van der Waals surface area contributed by atoms with Crippen molar-refractivity contribution in [2.75, 3.05) is 13.2 Å². The SMILES string of the molecule is CCCC/C=C\CCCCCCCC(=O)OCCCCCCCC/C=C\C/C=C\CCC(=O)NC(CO)C(O)/C=C/CCCCCCCCCCCCCCCCC. The molecule has 0 heterocycles. The van der Waals surface area contributed by atoms with E-state index in [2.05, 4.69) is 49.5 Å². The van der Waals surface area contributed by atoms with Crippen molar-refractivity contribution >= 4 is 11.9 Å². The molecule has 0 fully saturated rings. The number of unbranched alkanes of at least 4 members (excludes halogenated alkanes) is 28. The second-order valence-electron chi connectivity index (χ2n) is 16.8. The first-order valence-electron chi connectivity index (χ1n) is 24.9. The molecule has 2 atom stereocenters. The molecule has 0 aliphatic carbocycles. The van der Waals surface area contributed by atoms with E-state index >= 15 is 0 Å². The maximum Gasteiger partial charge on any atom is 0.305 e. The van der Waals surface area contributed by atoms with Crippen molar-refractivity contribution in [3.63, 3.8) is 0 Å². The maximum absolute atomic E-state index is 12.4. The van der Waals surface area contributed by atoms with Crippen LogP contribution in [0.2, 0.25) is 0 Å². The summed E-state index contributed by atoms with van der Waals surface area (Å²) < 4.78 is 5.42. The number of aliphatic hydroxyl groups is 2. The van der Waals surface area contributed by atoms with Crippen LogP contribution in [0.3, 0.4) is 0 Å². The smallest absolute Gasteiger partial charge is 0.305 e. The minimum atomic E-state index is -0.880. The quantitative estimate of drug-likeness (QED) is 0.0323. The zero-order valence-corrected chi connectivity index (χ0v) is 38.3. The van der Waals surface area contributed by atoms with Gasteiger partial charge in [0.15, 0.2) is 0 Å². The van der Waals surface area contributed by atoms with E-state index in [9.17, 15) is 19.8 Å². The van der Waals surface area contributed by atoms with Crippen LogP contribution in [0.5, 0.6) is 0 Å². The standard InChI is InChI=1S/C52H95NO5/c1-3-5-7-9-11-13-15-16-17-18-19-21-25-28-32-36-40-44-50(55)49(48-54)53-51(56)45-41-37-33-29-26-22-20-23-27-31-35-39-43-47-58-52(57)46-42-38-34-30-24-14-12-10-8-6-4-2/h10,12,22,26,33,37,40,44,49-50,54-55H,3-9,11,13-21,23-25,27-32,34-36,38-39,41-43,45-48H2,1-2H3,(H,53,56)/b12-10-,26-22-,37-33-,44-40+. The molecule has 3 N–H and O–H groups in total. The van der Waals surface area contributed by atoms with Gasteiger partial charge in [-0.1, -0.05) is 210 Å². The molecule has 0 saturated carbocycles. The number of hydrogen-bond donors (Lipinski definition) is 3. The molecule has 0 aliphatic rings. The van der Waals surface area contributed by atoms with Crippen LogP contribution in [0, 0.1) is 0 Å². The second-order valence-corrected chi connectivity index (χ2v) is 16.8. The van der Waals surface area contributed by atoms with E-state index in [1.54, 1.807) is 6.08 Å². The summed E-state index contributed by atoms with van der Waals surface area (Å²) in [5.74, 6) is -0.180. The number of esters is 1. The minimum absolute atomic E-state index is 0.0305. The lowest BCUT2D eigenvalue weighted by atomic mass is 10.0. The van der Waals surface area contributed by atoms with E-state index in [1.807, 2.05) is 12.2 Å². The number of carbonyl (C=O) groups is 2. The van der Waals surface area contributed by atoms with Crippen LogP contribution in [0.25, 0.3) is 0 Å². The van der Waals surface area contributed by atoms with Gasteiger partial charge in [0, 0.05) is 12.8 Å². The summed E-state index contributed by atoms with van der Waals surface area (Å²) in [5.41, 5.74) is 0. The van der Waals surface area contributed by atoms with Gasteiger partial charge in [0.1, 0.15) is 0 Å². The molecular weight excluding hydrogens is 719 g/mol. The Balaban J connectivity index is 3.62. The van der Waals surface area contributed by atoms with Crippen LogP contribution in [0.4, 0.5) is 0 Å². The molecular formula is C52H95NO5. The maximum atomic E-state index is 12.4. The van der Waals surface area contributed by atoms with Crippen molar-refractivity contribution in [2.24, 2.45) is 0 Å². The Hall–Kier alpha value is -2.18. The number of aliphatic hydroxyl groups excluding tert-OH is 2. The van der Waals surface area contributed by atoms with Crippen LogP contribution in [0.1, 0.15) is 245 Å². The molecule has 1 amide bonds. The Morgan fingerprint density at radius 3 is 1.41 bits per heavy atom. The molecule has 2 unspecified atom stereocenters. The van der Waals surface area contributed by atoms with Crippen LogP contribution in [-0.2, 0) is 14.3 Å². The Morgan fingerprint density at radius 2 is 0.897 bits per heavy atom. The summed E-state index contributed by atoms with van der Waals surface area (Å²) in [5, 5.41) is 23.0. The number of amides is 1. The number of carbonyl (C=O) groups excluding carboxylic acids is 2. The van der Waals surface area contributed by atoms with E-state index < -0.39 is 12.1 Å². The Bertz CT molecular complexity index is 988. The first kappa shape index (κ1) is 55.8. The lowest BCUT2D eigenvalue weighted by Crippen LogP contribution is -2.45. The third-order valence-corrected chi connectivity index (χ3v) is 11.1. The largest absolute Gasteiger partial charge is 0.466 e. The van der Waals surface area contributed by atoms with Gasteiger partial charge in [0.2, 0.25) is 5.91 Å². The van der Waals surface area contributed by atoms with Gasteiger partial charge in [-0.15, -0.1) is 0 Å². The van der Waals surface area contributed by atoms with Gasteiger partial charge in [0.05, 0.1) is 25.4 Å². The number of rotatable bonds is 45. The highest BCUT2D eigenvalue weighted by Crippen LogP contribution is 2.15. The Labute approximate surface area is 359 Å². The zero-order valence-electron chi connectivity index (χ0n) is 38.3. The highest BCUT2D eigenvalue weighted by atomic mass is 16.5. The van der Waals surface area contributed by atoms with Crippen LogP contribution in [-0.4, -0.2) is 47.4 Å². The van der Waals surface area contributed by atoms with Gasteiger partial charge >= 0.3 is 5.97 Å². The molecule has 0 aromatic rings. The number of ether oxygens (including phenoxy) is 1.